The summed E-state index contributed by atoms with van der Waals surface area (Å²) in [5.74, 6) is 0. The summed E-state index contributed by atoms with van der Waals surface area (Å²) in [7, 11) is 0. The highest BCUT2D eigenvalue weighted by Gasteiger charge is 2.39. The zero-order valence-corrected chi connectivity index (χ0v) is 8.79. The topological polar surface area (TPSA) is 52.0 Å². The number of nitrogen functional groups attached to an aromatic ring is 1. The van der Waals surface area contributed by atoms with Crippen molar-refractivity contribution in [2.45, 2.75) is 12.2 Å². The molecule has 0 spiro atoms. The van der Waals surface area contributed by atoms with E-state index in [-0.39, 0.29) is 21.3 Å². The van der Waals surface area contributed by atoms with Crippen LogP contribution in [0.1, 0.15) is 11.6 Å². The normalized spacial score (nSPS) is 14.0. The van der Waals surface area contributed by atoms with Crippen LogP contribution in [0.25, 0.3) is 0 Å². The second-order valence-corrected chi connectivity index (χ2v) is 3.65. The molecule has 0 aliphatic carbocycles. The van der Waals surface area contributed by atoms with Crippen LogP contribution in [0.3, 0.4) is 0 Å². The molecule has 0 saturated heterocycles. The van der Waals surface area contributed by atoms with Gasteiger partial charge in [-0.15, -0.1) is 0 Å². The van der Waals surface area contributed by atoms with Crippen molar-refractivity contribution in [1.29, 1.82) is 0 Å². The number of rotatable bonds is 1. The van der Waals surface area contributed by atoms with Crippen LogP contribution in [-0.4, -0.2) is 6.18 Å². The van der Waals surface area contributed by atoms with Gasteiger partial charge in [-0.1, -0.05) is 29.3 Å². The van der Waals surface area contributed by atoms with Gasteiger partial charge in [0.25, 0.3) is 0 Å². The van der Waals surface area contributed by atoms with Gasteiger partial charge in [0, 0.05) is 0 Å². The van der Waals surface area contributed by atoms with E-state index in [4.69, 9.17) is 34.7 Å². The summed E-state index contributed by atoms with van der Waals surface area (Å²) in [5.41, 5.74) is 10.2. The number of benzene rings is 1. The van der Waals surface area contributed by atoms with E-state index in [9.17, 15) is 13.2 Å². The lowest BCUT2D eigenvalue weighted by Gasteiger charge is -2.18. The molecule has 0 heterocycles. The third kappa shape index (κ3) is 2.48. The van der Waals surface area contributed by atoms with Gasteiger partial charge >= 0.3 is 6.18 Å². The maximum Gasteiger partial charge on any atom is 0.407 e. The van der Waals surface area contributed by atoms with Crippen molar-refractivity contribution in [3.05, 3.63) is 27.7 Å². The van der Waals surface area contributed by atoms with Crippen molar-refractivity contribution in [1.82, 2.24) is 0 Å². The van der Waals surface area contributed by atoms with Crippen LogP contribution in [0.4, 0.5) is 18.9 Å². The molecule has 0 fully saturated rings. The molecule has 1 atom stereocenters. The van der Waals surface area contributed by atoms with Gasteiger partial charge in [0.2, 0.25) is 0 Å². The van der Waals surface area contributed by atoms with Crippen LogP contribution in [0, 0.1) is 0 Å². The van der Waals surface area contributed by atoms with Gasteiger partial charge in [-0.2, -0.15) is 13.2 Å². The minimum absolute atomic E-state index is 0.111. The van der Waals surface area contributed by atoms with Gasteiger partial charge in [-0.25, -0.2) is 0 Å². The lowest BCUT2D eigenvalue weighted by Crippen LogP contribution is -2.28. The van der Waals surface area contributed by atoms with Gasteiger partial charge in [0.1, 0.15) is 6.04 Å². The minimum Gasteiger partial charge on any atom is -0.397 e. The summed E-state index contributed by atoms with van der Waals surface area (Å²) in [5, 5.41) is -0.379. The summed E-state index contributed by atoms with van der Waals surface area (Å²) >= 11 is 11.2. The summed E-state index contributed by atoms with van der Waals surface area (Å²) in [6, 6.07) is 0.180. The molecule has 84 valence electrons. The average Bonchev–Trinajstić information content (AvgIpc) is 2.12. The number of hydrogen-bond donors (Lipinski definition) is 2. The Morgan fingerprint density at radius 2 is 1.67 bits per heavy atom. The molecule has 7 heteroatoms. The zero-order valence-electron chi connectivity index (χ0n) is 7.28. The molecule has 2 nitrogen and oxygen atoms in total. The molecule has 1 rings (SSSR count). The lowest BCUT2D eigenvalue weighted by atomic mass is 10.1. The predicted molar refractivity (Wildman–Crippen MR) is 53.9 cm³/mol. The monoisotopic (exact) mass is 258 g/mol. The Morgan fingerprint density at radius 1 is 1.13 bits per heavy atom. The Bertz CT molecular complexity index is 379. The van der Waals surface area contributed by atoms with Gasteiger partial charge in [0.15, 0.2) is 0 Å². The summed E-state index contributed by atoms with van der Waals surface area (Å²) in [6.07, 6.45) is -4.57. The second kappa shape index (κ2) is 4.08. The quantitative estimate of drug-likeness (QED) is 0.761. The highest BCUT2D eigenvalue weighted by atomic mass is 35.5. The first-order valence-electron chi connectivity index (χ1n) is 3.80. The molecule has 1 aromatic carbocycles. The fraction of sp³-hybridized carbons (Fsp3) is 0.250. The fourth-order valence-corrected chi connectivity index (χ4v) is 1.46. The summed E-state index contributed by atoms with van der Waals surface area (Å²) in [6.45, 7) is 0. The van der Waals surface area contributed by atoms with Crippen molar-refractivity contribution in [2.24, 2.45) is 5.73 Å². The van der Waals surface area contributed by atoms with Crippen molar-refractivity contribution in [3.63, 3.8) is 0 Å². The van der Waals surface area contributed by atoms with E-state index < -0.39 is 12.2 Å². The maximum atomic E-state index is 12.3. The Kier molecular flexibility index (Phi) is 3.38. The van der Waals surface area contributed by atoms with Gasteiger partial charge < -0.3 is 11.5 Å². The highest BCUT2D eigenvalue weighted by Crippen LogP contribution is 2.39. The Labute approximate surface area is 93.9 Å². The van der Waals surface area contributed by atoms with Crippen LogP contribution < -0.4 is 11.5 Å². The lowest BCUT2D eigenvalue weighted by molar-refractivity contribution is -0.149. The number of hydrogen-bond acceptors (Lipinski definition) is 2. The van der Waals surface area contributed by atoms with E-state index in [1.807, 2.05) is 0 Å². The molecule has 0 bridgehead atoms. The Balaban J connectivity index is 3.23. The minimum atomic E-state index is -4.57. The molecular formula is C8H7Cl2F3N2. The van der Waals surface area contributed by atoms with Crippen LogP contribution in [0.15, 0.2) is 12.1 Å². The van der Waals surface area contributed by atoms with Crippen LogP contribution in [0.5, 0.6) is 0 Å². The Hall–Kier alpha value is -0.650. The molecule has 15 heavy (non-hydrogen) atoms. The first-order valence-corrected chi connectivity index (χ1v) is 4.56. The van der Waals surface area contributed by atoms with Crippen LogP contribution in [-0.2, 0) is 0 Å². The molecule has 0 amide bonds. The first-order chi connectivity index (χ1) is 6.75. The second-order valence-electron chi connectivity index (χ2n) is 2.89. The fourth-order valence-electron chi connectivity index (χ4n) is 0.996. The smallest absolute Gasteiger partial charge is 0.397 e. The predicted octanol–water partition coefficient (Wildman–Crippen LogP) is 3.14. The zero-order chi connectivity index (χ0) is 11.8. The van der Waals surface area contributed by atoms with Gasteiger partial charge in [0.05, 0.1) is 15.7 Å². The molecule has 4 N–H and O–H groups in total. The van der Waals surface area contributed by atoms with E-state index in [0.717, 1.165) is 6.07 Å². The third-order valence-corrected chi connectivity index (χ3v) is 2.74. The van der Waals surface area contributed by atoms with Crippen LogP contribution >= 0.6 is 23.2 Å². The molecule has 1 aromatic rings. The average molecular weight is 259 g/mol. The first kappa shape index (κ1) is 12.4. The van der Waals surface area contributed by atoms with E-state index in [1.165, 1.54) is 6.07 Å². The SMILES string of the molecule is Nc1ccc([C@H](N)C(F)(F)F)c(Cl)c1Cl. The standard InChI is InChI=1S/C8H7Cl2F3N2/c9-5-3(7(15)8(11,12)13)1-2-4(14)6(5)10/h1-2,7H,14-15H2/t7-/m0/s1. The summed E-state index contributed by atoms with van der Waals surface area (Å²) in [4.78, 5) is 0. The van der Waals surface area contributed by atoms with Gasteiger partial charge in [-0.05, 0) is 11.6 Å². The number of alkyl halides is 3. The number of anilines is 1. The van der Waals surface area contributed by atoms with E-state index in [2.05, 4.69) is 0 Å². The molecular weight excluding hydrogens is 252 g/mol. The van der Waals surface area contributed by atoms with Crippen LogP contribution in [0.2, 0.25) is 10.0 Å². The molecule has 0 radical (unpaired) electrons. The van der Waals surface area contributed by atoms with E-state index in [0.29, 0.717) is 0 Å². The van der Waals surface area contributed by atoms with E-state index >= 15 is 0 Å². The molecule has 0 aliphatic rings. The number of nitrogens with two attached hydrogens (primary N) is 2. The Morgan fingerprint density at radius 3 is 2.13 bits per heavy atom. The van der Waals surface area contributed by atoms with Crippen molar-refractivity contribution >= 4 is 28.9 Å². The molecule has 0 aliphatic heterocycles. The molecule has 0 unspecified atom stereocenters. The van der Waals surface area contributed by atoms with Crippen molar-refractivity contribution in [2.75, 3.05) is 5.73 Å². The third-order valence-electron chi connectivity index (χ3n) is 1.83. The molecule has 0 aromatic heterocycles. The summed E-state index contributed by atoms with van der Waals surface area (Å²) < 4.78 is 36.9. The van der Waals surface area contributed by atoms with Gasteiger partial charge in [-0.3, -0.25) is 0 Å². The maximum absolute atomic E-state index is 12.3. The largest absolute Gasteiger partial charge is 0.407 e. The van der Waals surface area contributed by atoms with Crippen molar-refractivity contribution in [3.8, 4) is 0 Å². The van der Waals surface area contributed by atoms with E-state index in [1.54, 1.807) is 0 Å². The highest BCUT2D eigenvalue weighted by molar-refractivity contribution is 6.44. The number of halogens is 5. The molecule has 0 saturated carbocycles. The van der Waals surface area contributed by atoms with Crippen molar-refractivity contribution < 1.29 is 13.2 Å².